The Balaban J connectivity index is 3.38. The maximum Gasteiger partial charge on any atom is 0.262 e. The summed E-state index contributed by atoms with van der Waals surface area (Å²) in [5.41, 5.74) is 0.958. The molecule has 0 bridgehead atoms. The van der Waals surface area contributed by atoms with Gasteiger partial charge in [0.25, 0.3) is 15.0 Å². The Hall–Kier alpha value is -1.07. The Morgan fingerprint density at radius 1 is 1.35 bits per heavy atom. The van der Waals surface area contributed by atoms with Crippen LogP contribution in [0.3, 0.4) is 0 Å². The maximum atomic E-state index is 12.6. The fourth-order valence-corrected chi connectivity index (χ4v) is 3.10. The zero-order valence-electron chi connectivity index (χ0n) is 12.2. The largest absolute Gasteiger partial charge is 0.336 e. The summed E-state index contributed by atoms with van der Waals surface area (Å²) in [5, 5.41) is 0. The van der Waals surface area contributed by atoms with Crippen molar-refractivity contribution >= 4 is 25.6 Å². The average Bonchev–Trinajstić information content (AvgIpc) is 2.37. The quantitative estimate of drug-likeness (QED) is 0.784. The van der Waals surface area contributed by atoms with Gasteiger partial charge >= 0.3 is 0 Å². The normalized spacial score (nSPS) is 13.1. The van der Waals surface area contributed by atoms with Gasteiger partial charge in [-0.15, -0.1) is 0 Å². The maximum absolute atomic E-state index is 12.6. The van der Waals surface area contributed by atoms with Crippen molar-refractivity contribution in [2.75, 3.05) is 6.54 Å². The molecule has 112 valence electrons. The molecule has 1 amide bonds. The third-order valence-corrected chi connectivity index (χ3v) is 4.73. The molecular weight excluding hydrogens is 298 g/mol. The summed E-state index contributed by atoms with van der Waals surface area (Å²) in [6.45, 7) is 8.11. The van der Waals surface area contributed by atoms with E-state index in [-0.39, 0.29) is 22.4 Å². The SMILES string of the molecule is CCC(C)N(CC)C(=O)c1cc(C)ccc1S(=O)(=O)Cl. The van der Waals surface area contributed by atoms with Crippen LogP contribution in [0, 0.1) is 6.92 Å². The first-order chi connectivity index (χ1) is 9.22. The van der Waals surface area contributed by atoms with E-state index in [4.69, 9.17) is 10.7 Å². The Labute approximate surface area is 125 Å². The highest BCUT2D eigenvalue weighted by atomic mass is 35.7. The lowest BCUT2D eigenvalue weighted by atomic mass is 10.1. The van der Waals surface area contributed by atoms with E-state index in [1.54, 1.807) is 24.0 Å². The highest BCUT2D eigenvalue weighted by molar-refractivity contribution is 8.13. The van der Waals surface area contributed by atoms with Crippen molar-refractivity contribution in [2.45, 2.75) is 45.1 Å². The number of nitrogens with zero attached hydrogens (tertiary/aromatic N) is 1. The molecule has 0 saturated carbocycles. The van der Waals surface area contributed by atoms with Crippen LogP contribution in [0.2, 0.25) is 0 Å². The molecule has 0 N–H and O–H groups in total. The lowest BCUT2D eigenvalue weighted by molar-refractivity contribution is 0.0696. The molecule has 4 nitrogen and oxygen atoms in total. The van der Waals surface area contributed by atoms with Crippen LogP contribution < -0.4 is 0 Å². The molecule has 1 rings (SSSR count). The summed E-state index contributed by atoms with van der Waals surface area (Å²) in [4.78, 5) is 14.1. The van der Waals surface area contributed by atoms with E-state index in [9.17, 15) is 13.2 Å². The van der Waals surface area contributed by atoms with E-state index < -0.39 is 9.05 Å². The van der Waals surface area contributed by atoms with Crippen LogP contribution in [0.4, 0.5) is 0 Å². The van der Waals surface area contributed by atoms with Crippen LogP contribution in [-0.4, -0.2) is 31.8 Å². The Morgan fingerprint density at radius 3 is 2.40 bits per heavy atom. The van der Waals surface area contributed by atoms with Gasteiger partial charge in [0.05, 0.1) is 10.5 Å². The standard InChI is InChI=1S/C14H20ClNO3S/c1-5-11(4)16(6-2)14(17)12-9-10(3)7-8-13(12)20(15,18)19/h7-9,11H,5-6H2,1-4H3. The molecule has 0 fully saturated rings. The highest BCUT2D eigenvalue weighted by Gasteiger charge is 2.25. The number of halogens is 1. The number of hydrogen-bond acceptors (Lipinski definition) is 3. The average molecular weight is 318 g/mol. The molecule has 1 aromatic rings. The Kier molecular flexibility index (Phi) is 5.59. The third-order valence-electron chi connectivity index (χ3n) is 3.35. The fourth-order valence-electron chi connectivity index (χ4n) is 2.05. The second-order valence-electron chi connectivity index (χ2n) is 4.79. The van der Waals surface area contributed by atoms with Crippen molar-refractivity contribution in [3.05, 3.63) is 29.3 Å². The number of carbonyl (C=O) groups excluding carboxylic acids is 1. The number of hydrogen-bond donors (Lipinski definition) is 0. The smallest absolute Gasteiger partial charge is 0.262 e. The number of rotatable bonds is 5. The van der Waals surface area contributed by atoms with Crippen LogP contribution in [0.25, 0.3) is 0 Å². The molecule has 1 unspecified atom stereocenters. The van der Waals surface area contributed by atoms with E-state index in [2.05, 4.69) is 0 Å². The minimum atomic E-state index is -3.94. The van der Waals surface area contributed by atoms with Crippen LogP contribution in [-0.2, 0) is 9.05 Å². The summed E-state index contributed by atoms with van der Waals surface area (Å²) in [7, 11) is 1.48. The van der Waals surface area contributed by atoms with E-state index >= 15 is 0 Å². The van der Waals surface area contributed by atoms with Crippen molar-refractivity contribution in [3.8, 4) is 0 Å². The molecule has 1 atom stereocenters. The van der Waals surface area contributed by atoms with Gasteiger partial charge in [-0.25, -0.2) is 8.42 Å². The van der Waals surface area contributed by atoms with Gasteiger partial charge < -0.3 is 4.90 Å². The van der Waals surface area contributed by atoms with Crippen molar-refractivity contribution in [1.82, 2.24) is 4.90 Å². The number of aryl methyl sites for hydroxylation is 1. The zero-order chi connectivity index (χ0) is 15.5. The van der Waals surface area contributed by atoms with E-state index in [0.29, 0.717) is 6.54 Å². The van der Waals surface area contributed by atoms with Crippen molar-refractivity contribution in [1.29, 1.82) is 0 Å². The van der Waals surface area contributed by atoms with E-state index in [1.807, 2.05) is 20.8 Å². The molecular formula is C14H20ClNO3S. The molecule has 0 aliphatic carbocycles. The summed E-state index contributed by atoms with van der Waals surface area (Å²) in [5.74, 6) is -0.301. The zero-order valence-corrected chi connectivity index (χ0v) is 13.8. The van der Waals surface area contributed by atoms with Gasteiger partial charge in [-0.1, -0.05) is 18.6 Å². The summed E-state index contributed by atoms with van der Waals surface area (Å²) < 4.78 is 23.2. The Bertz CT molecular complexity index is 598. The van der Waals surface area contributed by atoms with Crippen molar-refractivity contribution in [3.63, 3.8) is 0 Å². The second-order valence-corrected chi connectivity index (χ2v) is 7.32. The van der Waals surface area contributed by atoms with Crippen LogP contribution >= 0.6 is 10.7 Å². The summed E-state index contributed by atoms with van der Waals surface area (Å²) >= 11 is 0. The van der Waals surface area contributed by atoms with Gasteiger partial charge in [0.2, 0.25) is 0 Å². The van der Waals surface area contributed by atoms with Gasteiger partial charge in [-0.2, -0.15) is 0 Å². The molecule has 0 aromatic heterocycles. The van der Waals surface area contributed by atoms with Crippen LogP contribution in [0.5, 0.6) is 0 Å². The molecule has 1 aromatic carbocycles. The molecule has 0 radical (unpaired) electrons. The van der Waals surface area contributed by atoms with Gasteiger partial charge in [-0.3, -0.25) is 4.79 Å². The van der Waals surface area contributed by atoms with Gasteiger partial charge in [0.15, 0.2) is 0 Å². The lowest BCUT2D eigenvalue weighted by Gasteiger charge is -2.28. The minimum Gasteiger partial charge on any atom is -0.336 e. The molecule has 20 heavy (non-hydrogen) atoms. The second kappa shape index (κ2) is 6.59. The number of amides is 1. The van der Waals surface area contributed by atoms with Crippen molar-refractivity contribution < 1.29 is 13.2 Å². The topological polar surface area (TPSA) is 54.5 Å². The molecule has 0 saturated heterocycles. The molecule has 0 heterocycles. The third kappa shape index (κ3) is 3.73. The number of carbonyl (C=O) groups is 1. The van der Waals surface area contributed by atoms with Gasteiger partial charge in [0, 0.05) is 23.3 Å². The monoisotopic (exact) mass is 317 g/mol. The first-order valence-electron chi connectivity index (χ1n) is 6.58. The predicted molar refractivity (Wildman–Crippen MR) is 80.7 cm³/mol. The number of benzene rings is 1. The van der Waals surface area contributed by atoms with Crippen LogP contribution in [0.1, 0.15) is 43.1 Å². The van der Waals surface area contributed by atoms with Gasteiger partial charge in [0.1, 0.15) is 0 Å². The summed E-state index contributed by atoms with van der Waals surface area (Å²) in [6.07, 6.45) is 0.800. The Morgan fingerprint density at radius 2 is 1.95 bits per heavy atom. The fraction of sp³-hybridized carbons (Fsp3) is 0.500. The molecule has 0 aliphatic rings. The van der Waals surface area contributed by atoms with E-state index in [0.717, 1.165) is 12.0 Å². The summed E-state index contributed by atoms with van der Waals surface area (Å²) in [6, 6.07) is 4.63. The van der Waals surface area contributed by atoms with Gasteiger partial charge in [-0.05, 0) is 39.3 Å². The molecule has 0 aliphatic heterocycles. The molecule has 6 heteroatoms. The van der Waals surface area contributed by atoms with Crippen molar-refractivity contribution in [2.24, 2.45) is 0 Å². The molecule has 0 spiro atoms. The first kappa shape index (κ1) is 17.0. The first-order valence-corrected chi connectivity index (χ1v) is 8.89. The van der Waals surface area contributed by atoms with Crippen LogP contribution in [0.15, 0.2) is 23.1 Å². The highest BCUT2D eigenvalue weighted by Crippen LogP contribution is 2.23. The van der Waals surface area contributed by atoms with E-state index in [1.165, 1.54) is 6.07 Å². The predicted octanol–water partition coefficient (Wildman–Crippen LogP) is 3.18. The lowest BCUT2D eigenvalue weighted by Crippen LogP contribution is -2.38. The minimum absolute atomic E-state index is 0.0406.